The first-order valence-corrected chi connectivity index (χ1v) is 7.78. The molecule has 0 saturated carbocycles. The van der Waals surface area contributed by atoms with Gasteiger partial charge in [0.05, 0.1) is 0 Å². The summed E-state index contributed by atoms with van der Waals surface area (Å²) in [5.74, 6) is -0.223. The second-order valence-corrected chi connectivity index (χ2v) is 6.20. The Morgan fingerprint density at radius 2 is 1.95 bits per heavy atom. The predicted octanol–water partition coefficient (Wildman–Crippen LogP) is 4.11. The van der Waals surface area contributed by atoms with Crippen molar-refractivity contribution in [1.29, 1.82) is 0 Å². The van der Waals surface area contributed by atoms with Gasteiger partial charge in [-0.15, -0.1) is 0 Å². The molecule has 0 radical (unpaired) electrons. The molecule has 2 rings (SSSR count). The van der Waals surface area contributed by atoms with Gasteiger partial charge in [-0.25, -0.2) is 4.39 Å². The highest BCUT2D eigenvalue weighted by Gasteiger charge is 2.11. The van der Waals surface area contributed by atoms with Crippen LogP contribution in [0.4, 0.5) is 4.39 Å². The standard InChI is InChI=1S/C17H20BrFN2/c1-21(12-13-5-4-6-14(18)11-13)10-9-17(20)15-7-2-3-8-16(15)19/h2-8,11,17H,9-10,12,20H2,1H3. The average molecular weight is 351 g/mol. The highest BCUT2D eigenvalue weighted by Crippen LogP contribution is 2.18. The second-order valence-electron chi connectivity index (χ2n) is 5.28. The summed E-state index contributed by atoms with van der Waals surface area (Å²) in [6.45, 7) is 1.67. The Hall–Kier alpha value is -1.23. The number of hydrogen-bond donors (Lipinski definition) is 1. The molecule has 0 heterocycles. The summed E-state index contributed by atoms with van der Waals surface area (Å²) in [6, 6.07) is 14.7. The molecule has 0 aliphatic carbocycles. The summed E-state index contributed by atoms with van der Waals surface area (Å²) in [5.41, 5.74) is 7.92. The molecule has 2 aromatic rings. The van der Waals surface area contributed by atoms with Crippen molar-refractivity contribution in [2.45, 2.75) is 19.0 Å². The van der Waals surface area contributed by atoms with Gasteiger partial charge in [0.15, 0.2) is 0 Å². The van der Waals surface area contributed by atoms with Crippen molar-refractivity contribution in [1.82, 2.24) is 4.90 Å². The number of hydrogen-bond acceptors (Lipinski definition) is 2. The van der Waals surface area contributed by atoms with Crippen LogP contribution in [0.15, 0.2) is 53.0 Å². The third kappa shape index (κ3) is 4.92. The first kappa shape index (κ1) is 16.1. The van der Waals surface area contributed by atoms with Gasteiger partial charge in [-0.3, -0.25) is 0 Å². The molecule has 2 nitrogen and oxygen atoms in total. The first-order valence-electron chi connectivity index (χ1n) is 6.99. The number of nitrogens with two attached hydrogens (primary N) is 1. The van der Waals surface area contributed by atoms with E-state index in [1.807, 2.05) is 18.2 Å². The average Bonchev–Trinajstić information content (AvgIpc) is 2.45. The van der Waals surface area contributed by atoms with Crippen LogP contribution in [-0.4, -0.2) is 18.5 Å². The molecular formula is C17H20BrFN2. The summed E-state index contributed by atoms with van der Waals surface area (Å²) < 4.78 is 14.7. The summed E-state index contributed by atoms with van der Waals surface area (Å²) in [5, 5.41) is 0. The van der Waals surface area contributed by atoms with E-state index in [9.17, 15) is 4.39 Å². The molecule has 0 spiro atoms. The molecule has 112 valence electrons. The molecule has 1 atom stereocenters. The third-order valence-electron chi connectivity index (χ3n) is 3.47. The summed E-state index contributed by atoms with van der Waals surface area (Å²) in [7, 11) is 2.05. The minimum Gasteiger partial charge on any atom is -0.324 e. The number of halogens is 2. The lowest BCUT2D eigenvalue weighted by molar-refractivity contribution is 0.310. The molecule has 21 heavy (non-hydrogen) atoms. The van der Waals surface area contributed by atoms with Gasteiger partial charge in [0.2, 0.25) is 0 Å². The Labute approximate surface area is 133 Å². The fourth-order valence-corrected chi connectivity index (χ4v) is 2.76. The SMILES string of the molecule is CN(CCC(N)c1ccccc1F)Cc1cccc(Br)c1. The predicted molar refractivity (Wildman–Crippen MR) is 88.4 cm³/mol. The summed E-state index contributed by atoms with van der Waals surface area (Å²) in [4.78, 5) is 2.20. The van der Waals surface area contributed by atoms with Crippen LogP contribution in [-0.2, 0) is 6.54 Å². The van der Waals surface area contributed by atoms with Crippen LogP contribution in [0.5, 0.6) is 0 Å². The smallest absolute Gasteiger partial charge is 0.127 e. The zero-order valence-corrected chi connectivity index (χ0v) is 13.7. The maximum Gasteiger partial charge on any atom is 0.127 e. The van der Waals surface area contributed by atoms with Crippen molar-refractivity contribution >= 4 is 15.9 Å². The number of nitrogens with zero attached hydrogens (tertiary/aromatic N) is 1. The molecule has 0 bridgehead atoms. The van der Waals surface area contributed by atoms with Crippen LogP contribution in [0.1, 0.15) is 23.6 Å². The second kappa shape index (κ2) is 7.69. The van der Waals surface area contributed by atoms with Gasteiger partial charge >= 0.3 is 0 Å². The maximum absolute atomic E-state index is 13.7. The molecule has 0 fully saturated rings. The van der Waals surface area contributed by atoms with Crippen LogP contribution >= 0.6 is 15.9 Å². The van der Waals surface area contributed by atoms with E-state index in [4.69, 9.17) is 5.73 Å². The Kier molecular flexibility index (Phi) is 5.91. The van der Waals surface area contributed by atoms with E-state index in [0.29, 0.717) is 5.56 Å². The van der Waals surface area contributed by atoms with Gasteiger partial charge in [0.25, 0.3) is 0 Å². The fraction of sp³-hybridized carbons (Fsp3) is 0.294. The molecule has 4 heteroatoms. The van der Waals surface area contributed by atoms with E-state index in [1.165, 1.54) is 11.6 Å². The van der Waals surface area contributed by atoms with Crippen LogP contribution in [0.3, 0.4) is 0 Å². The summed E-state index contributed by atoms with van der Waals surface area (Å²) >= 11 is 3.47. The molecule has 2 N–H and O–H groups in total. The van der Waals surface area contributed by atoms with Crippen molar-refractivity contribution in [2.75, 3.05) is 13.6 Å². The zero-order valence-electron chi connectivity index (χ0n) is 12.1. The minimum atomic E-state index is -0.267. The van der Waals surface area contributed by atoms with Gasteiger partial charge in [0.1, 0.15) is 5.82 Å². The Bertz CT molecular complexity index is 589. The van der Waals surface area contributed by atoms with Gasteiger partial charge in [-0.1, -0.05) is 46.3 Å². The minimum absolute atomic E-state index is 0.223. The van der Waals surface area contributed by atoms with E-state index < -0.39 is 0 Å². The van der Waals surface area contributed by atoms with Gasteiger partial charge in [0, 0.05) is 22.6 Å². The van der Waals surface area contributed by atoms with Crippen molar-refractivity contribution in [3.8, 4) is 0 Å². The lowest BCUT2D eigenvalue weighted by Gasteiger charge is -2.20. The quantitative estimate of drug-likeness (QED) is 0.849. The molecular weight excluding hydrogens is 331 g/mol. The van der Waals surface area contributed by atoms with Crippen molar-refractivity contribution < 1.29 is 4.39 Å². The lowest BCUT2D eigenvalue weighted by atomic mass is 10.0. The first-order chi connectivity index (χ1) is 10.1. The van der Waals surface area contributed by atoms with Crippen LogP contribution in [0, 0.1) is 5.82 Å². The van der Waals surface area contributed by atoms with E-state index in [0.717, 1.165) is 24.0 Å². The Balaban J connectivity index is 1.86. The molecule has 0 aliphatic heterocycles. The largest absolute Gasteiger partial charge is 0.324 e. The van der Waals surface area contributed by atoms with E-state index in [2.05, 4.69) is 40.0 Å². The van der Waals surface area contributed by atoms with Gasteiger partial charge in [-0.05, 0) is 43.8 Å². The molecule has 0 saturated heterocycles. The van der Waals surface area contributed by atoms with E-state index in [1.54, 1.807) is 12.1 Å². The fourth-order valence-electron chi connectivity index (χ4n) is 2.32. The van der Waals surface area contributed by atoms with E-state index >= 15 is 0 Å². The monoisotopic (exact) mass is 350 g/mol. The lowest BCUT2D eigenvalue weighted by Crippen LogP contribution is -2.23. The molecule has 0 aliphatic rings. The Morgan fingerprint density at radius 1 is 1.19 bits per heavy atom. The van der Waals surface area contributed by atoms with Gasteiger partial charge < -0.3 is 10.6 Å². The van der Waals surface area contributed by atoms with Crippen molar-refractivity contribution in [3.63, 3.8) is 0 Å². The van der Waals surface area contributed by atoms with Crippen LogP contribution in [0.25, 0.3) is 0 Å². The normalized spacial score (nSPS) is 12.6. The van der Waals surface area contributed by atoms with Crippen molar-refractivity contribution in [3.05, 3.63) is 69.9 Å². The maximum atomic E-state index is 13.7. The molecule has 0 amide bonds. The highest BCUT2D eigenvalue weighted by atomic mass is 79.9. The van der Waals surface area contributed by atoms with Crippen molar-refractivity contribution in [2.24, 2.45) is 5.73 Å². The third-order valence-corrected chi connectivity index (χ3v) is 3.96. The zero-order chi connectivity index (χ0) is 15.2. The molecule has 1 unspecified atom stereocenters. The van der Waals surface area contributed by atoms with Gasteiger partial charge in [-0.2, -0.15) is 0 Å². The summed E-state index contributed by atoms with van der Waals surface area (Å²) in [6.07, 6.45) is 0.728. The topological polar surface area (TPSA) is 29.3 Å². The van der Waals surface area contributed by atoms with Crippen LogP contribution < -0.4 is 5.73 Å². The number of rotatable bonds is 6. The Morgan fingerprint density at radius 3 is 2.67 bits per heavy atom. The molecule has 0 aromatic heterocycles. The van der Waals surface area contributed by atoms with E-state index in [-0.39, 0.29) is 11.9 Å². The van der Waals surface area contributed by atoms with Crippen LogP contribution in [0.2, 0.25) is 0 Å². The highest BCUT2D eigenvalue weighted by molar-refractivity contribution is 9.10. The number of benzene rings is 2. The molecule has 2 aromatic carbocycles.